The van der Waals surface area contributed by atoms with Crippen molar-refractivity contribution in [3.05, 3.63) is 0 Å². The first-order chi connectivity index (χ1) is 8.00. The van der Waals surface area contributed by atoms with E-state index in [1.54, 1.807) is 4.90 Å². The van der Waals surface area contributed by atoms with Gasteiger partial charge in [0.15, 0.2) is 0 Å². The van der Waals surface area contributed by atoms with Gasteiger partial charge in [-0.05, 0) is 18.8 Å². The van der Waals surface area contributed by atoms with Crippen molar-refractivity contribution in [2.24, 2.45) is 5.92 Å². The second kappa shape index (κ2) is 6.59. The Balaban J connectivity index is 2.50. The fourth-order valence-corrected chi connectivity index (χ4v) is 1.89. The van der Waals surface area contributed by atoms with Crippen molar-refractivity contribution in [3.63, 3.8) is 0 Å². The molecule has 0 aliphatic carbocycles. The van der Waals surface area contributed by atoms with Crippen molar-refractivity contribution in [1.82, 2.24) is 4.90 Å². The van der Waals surface area contributed by atoms with E-state index in [1.165, 1.54) is 0 Å². The Morgan fingerprint density at radius 3 is 2.88 bits per heavy atom. The number of carboxylic acid groups (broad SMARTS) is 1. The molecule has 1 aliphatic rings. The molecule has 0 saturated carbocycles. The quantitative estimate of drug-likeness (QED) is 0.759. The van der Waals surface area contributed by atoms with E-state index in [-0.39, 0.29) is 25.0 Å². The SMILES string of the molecule is CC(C)CCN1C(=O)COCC1CCC(=O)O. The zero-order valence-electron chi connectivity index (χ0n) is 10.5. The van der Waals surface area contributed by atoms with Crippen molar-refractivity contribution >= 4 is 11.9 Å². The molecule has 0 bridgehead atoms. The highest BCUT2D eigenvalue weighted by Gasteiger charge is 2.28. The third-order valence-corrected chi connectivity index (χ3v) is 2.94. The van der Waals surface area contributed by atoms with E-state index in [2.05, 4.69) is 13.8 Å². The average Bonchev–Trinajstić information content (AvgIpc) is 2.24. The monoisotopic (exact) mass is 243 g/mol. The second-order valence-corrected chi connectivity index (χ2v) is 4.87. The van der Waals surface area contributed by atoms with Crippen molar-refractivity contribution in [3.8, 4) is 0 Å². The molecule has 1 unspecified atom stereocenters. The number of aliphatic carboxylic acids is 1. The van der Waals surface area contributed by atoms with E-state index in [0.717, 1.165) is 6.42 Å². The van der Waals surface area contributed by atoms with Gasteiger partial charge in [-0.2, -0.15) is 0 Å². The average molecular weight is 243 g/mol. The van der Waals surface area contributed by atoms with Gasteiger partial charge in [0.25, 0.3) is 0 Å². The van der Waals surface area contributed by atoms with Crippen LogP contribution in [-0.2, 0) is 14.3 Å². The van der Waals surface area contributed by atoms with Gasteiger partial charge in [-0.3, -0.25) is 9.59 Å². The largest absolute Gasteiger partial charge is 0.481 e. The maximum absolute atomic E-state index is 11.7. The van der Waals surface area contributed by atoms with E-state index in [1.807, 2.05) is 0 Å². The lowest BCUT2D eigenvalue weighted by Gasteiger charge is -2.35. The van der Waals surface area contributed by atoms with Gasteiger partial charge in [0.2, 0.25) is 5.91 Å². The number of carboxylic acids is 1. The Morgan fingerprint density at radius 1 is 1.59 bits per heavy atom. The molecule has 1 amide bonds. The number of hydrogen-bond donors (Lipinski definition) is 1. The Labute approximate surface area is 102 Å². The summed E-state index contributed by atoms with van der Waals surface area (Å²) in [6.07, 6.45) is 1.49. The van der Waals surface area contributed by atoms with Crippen molar-refractivity contribution in [1.29, 1.82) is 0 Å². The van der Waals surface area contributed by atoms with Gasteiger partial charge < -0.3 is 14.7 Å². The summed E-state index contributed by atoms with van der Waals surface area (Å²) in [6, 6.07) is -0.0777. The number of carbonyl (C=O) groups excluding carboxylic acids is 1. The van der Waals surface area contributed by atoms with Crippen LogP contribution < -0.4 is 0 Å². The van der Waals surface area contributed by atoms with Crippen molar-refractivity contribution < 1.29 is 19.4 Å². The summed E-state index contributed by atoms with van der Waals surface area (Å²) in [4.78, 5) is 24.1. The molecule has 0 aromatic carbocycles. The number of hydrogen-bond acceptors (Lipinski definition) is 3. The van der Waals surface area contributed by atoms with E-state index in [0.29, 0.717) is 25.5 Å². The third-order valence-electron chi connectivity index (χ3n) is 2.94. The standard InChI is InChI=1S/C12H21NO4/c1-9(2)5-6-13-10(3-4-12(15)16)7-17-8-11(13)14/h9-10H,3-8H2,1-2H3,(H,15,16). The first-order valence-corrected chi connectivity index (χ1v) is 6.09. The maximum Gasteiger partial charge on any atom is 0.303 e. The molecule has 1 saturated heterocycles. The summed E-state index contributed by atoms with van der Waals surface area (Å²) >= 11 is 0. The molecule has 5 heteroatoms. The summed E-state index contributed by atoms with van der Waals surface area (Å²) < 4.78 is 5.18. The number of carbonyl (C=O) groups is 2. The summed E-state index contributed by atoms with van der Waals surface area (Å²) in [5, 5.41) is 8.67. The molecule has 1 aliphatic heterocycles. The van der Waals surface area contributed by atoms with Crippen LogP contribution in [0.3, 0.4) is 0 Å². The molecule has 0 aromatic rings. The number of nitrogens with zero attached hydrogens (tertiary/aromatic N) is 1. The molecule has 1 N–H and O–H groups in total. The van der Waals surface area contributed by atoms with Gasteiger partial charge in [-0.25, -0.2) is 0 Å². The van der Waals surface area contributed by atoms with Crippen LogP contribution in [0.15, 0.2) is 0 Å². The molecule has 1 atom stereocenters. The molecule has 0 radical (unpaired) electrons. The Kier molecular flexibility index (Phi) is 5.41. The highest BCUT2D eigenvalue weighted by atomic mass is 16.5. The molecule has 0 spiro atoms. The molecule has 1 heterocycles. The van der Waals surface area contributed by atoms with Crippen LogP contribution in [0.1, 0.15) is 33.1 Å². The van der Waals surface area contributed by atoms with Crippen LogP contribution in [-0.4, -0.2) is 47.7 Å². The summed E-state index contributed by atoms with van der Waals surface area (Å²) in [7, 11) is 0. The summed E-state index contributed by atoms with van der Waals surface area (Å²) in [5.41, 5.74) is 0. The van der Waals surface area contributed by atoms with Crippen LogP contribution in [0.25, 0.3) is 0 Å². The van der Waals surface area contributed by atoms with Crippen molar-refractivity contribution in [2.45, 2.75) is 39.2 Å². The van der Waals surface area contributed by atoms with E-state index in [9.17, 15) is 9.59 Å². The molecule has 98 valence electrons. The van der Waals surface area contributed by atoms with Gasteiger partial charge in [-0.15, -0.1) is 0 Å². The fraction of sp³-hybridized carbons (Fsp3) is 0.833. The molecule has 17 heavy (non-hydrogen) atoms. The molecule has 5 nitrogen and oxygen atoms in total. The van der Waals surface area contributed by atoms with Gasteiger partial charge in [-0.1, -0.05) is 13.8 Å². The Bertz CT molecular complexity index is 278. The predicted molar refractivity (Wildman–Crippen MR) is 62.6 cm³/mol. The summed E-state index contributed by atoms with van der Waals surface area (Å²) in [5.74, 6) is -0.315. The zero-order valence-corrected chi connectivity index (χ0v) is 10.5. The number of rotatable bonds is 6. The fourth-order valence-electron chi connectivity index (χ4n) is 1.89. The molecule has 1 rings (SSSR count). The highest BCUT2D eigenvalue weighted by Crippen LogP contribution is 2.15. The lowest BCUT2D eigenvalue weighted by atomic mass is 10.1. The Hall–Kier alpha value is -1.10. The minimum atomic E-state index is -0.827. The predicted octanol–water partition coefficient (Wildman–Crippen LogP) is 1.12. The molecule has 0 aromatic heterocycles. The van der Waals surface area contributed by atoms with Gasteiger partial charge in [0.1, 0.15) is 6.61 Å². The van der Waals surface area contributed by atoms with E-state index >= 15 is 0 Å². The van der Waals surface area contributed by atoms with Crippen LogP contribution in [0.5, 0.6) is 0 Å². The minimum Gasteiger partial charge on any atom is -0.481 e. The van der Waals surface area contributed by atoms with E-state index in [4.69, 9.17) is 9.84 Å². The topological polar surface area (TPSA) is 66.8 Å². The zero-order chi connectivity index (χ0) is 12.8. The third kappa shape index (κ3) is 4.73. The molecular formula is C12H21NO4. The highest BCUT2D eigenvalue weighted by molar-refractivity contribution is 5.78. The van der Waals surface area contributed by atoms with Crippen molar-refractivity contribution in [2.75, 3.05) is 19.8 Å². The maximum atomic E-state index is 11.7. The Morgan fingerprint density at radius 2 is 2.29 bits per heavy atom. The molecular weight excluding hydrogens is 222 g/mol. The molecule has 1 fully saturated rings. The van der Waals surface area contributed by atoms with Crippen LogP contribution >= 0.6 is 0 Å². The normalized spacial score (nSPS) is 21.0. The summed E-state index contributed by atoms with van der Waals surface area (Å²) in [6.45, 7) is 5.50. The lowest BCUT2D eigenvalue weighted by Crippen LogP contribution is -2.50. The van der Waals surface area contributed by atoms with Crippen LogP contribution in [0.4, 0.5) is 0 Å². The first kappa shape index (κ1) is 14.0. The van der Waals surface area contributed by atoms with E-state index < -0.39 is 5.97 Å². The minimum absolute atomic E-state index is 0.0210. The number of amides is 1. The van der Waals surface area contributed by atoms with Gasteiger partial charge >= 0.3 is 5.97 Å². The smallest absolute Gasteiger partial charge is 0.303 e. The van der Waals surface area contributed by atoms with Crippen LogP contribution in [0, 0.1) is 5.92 Å². The van der Waals surface area contributed by atoms with Gasteiger partial charge in [0.05, 0.1) is 12.6 Å². The van der Waals surface area contributed by atoms with Gasteiger partial charge in [0, 0.05) is 13.0 Å². The second-order valence-electron chi connectivity index (χ2n) is 4.87. The lowest BCUT2D eigenvalue weighted by molar-refractivity contribution is -0.150. The number of ether oxygens (including phenoxy) is 1. The van der Waals surface area contributed by atoms with Crippen LogP contribution in [0.2, 0.25) is 0 Å². The first-order valence-electron chi connectivity index (χ1n) is 6.09. The number of morpholine rings is 1.